The fraction of sp³-hybridized carbons (Fsp3) is 0.364. The molecular weight excluding hydrogens is 291 g/mol. The van der Waals surface area contributed by atoms with Crippen LogP contribution in [0.5, 0.6) is 0 Å². The minimum atomic E-state index is 0. The van der Waals surface area contributed by atoms with Crippen molar-refractivity contribution in [1.29, 1.82) is 0 Å². The topological polar surface area (TPSA) is 41.1 Å². The van der Waals surface area contributed by atoms with Gasteiger partial charge in [0.25, 0.3) is 0 Å². The number of carbonyl (C=O) groups is 1. The number of benzene rings is 1. The molecule has 1 amide bonds. The number of carbonyl (C=O) groups excluding carboxylic acids is 1. The summed E-state index contributed by atoms with van der Waals surface area (Å²) in [4.78, 5) is 11.4. The van der Waals surface area contributed by atoms with Crippen molar-refractivity contribution in [3.8, 4) is 0 Å². The maximum atomic E-state index is 11.4. The van der Waals surface area contributed by atoms with Crippen molar-refractivity contribution in [2.45, 2.75) is 12.8 Å². The van der Waals surface area contributed by atoms with Crippen molar-refractivity contribution in [2.24, 2.45) is 0 Å². The third kappa shape index (κ3) is 6.10. The van der Waals surface area contributed by atoms with Crippen molar-refractivity contribution in [3.05, 3.63) is 28.7 Å². The van der Waals surface area contributed by atoms with E-state index in [9.17, 15) is 4.79 Å². The van der Waals surface area contributed by atoms with Gasteiger partial charge in [0.2, 0.25) is 5.91 Å². The summed E-state index contributed by atoms with van der Waals surface area (Å²) in [6.07, 6.45) is 1.41. The SMILES string of the molecule is CNCCCC(=O)Nc1cccc(Br)c1.Cl. The highest BCUT2D eigenvalue weighted by molar-refractivity contribution is 9.10. The van der Waals surface area contributed by atoms with Gasteiger partial charge in [-0.1, -0.05) is 22.0 Å². The highest BCUT2D eigenvalue weighted by Gasteiger charge is 2.01. The molecule has 1 aromatic rings. The van der Waals surface area contributed by atoms with Crippen molar-refractivity contribution >= 4 is 39.9 Å². The van der Waals surface area contributed by atoms with Gasteiger partial charge in [0, 0.05) is 16.6 Å². The van der Waals surface area contributed by atoms with E-state index in [1.165, 1.54) is 0 Å². The number of amides is 1. The van der Waals surface area contributed by atoms with Gasteiger partial charge in [0.05, 0.1) is 0 Å². The number of nitrogens with one attached hydrogen (secondary N) is 2. The standard InChI is InChI=1S/C11H15BrN2O.ClH/c1-13-7-3-6-11(15)14-10-5-2-4-9(12)8-10;/h2,4-5,8,13H,3,6-7H2,1H3,(H,14,15);1H. The molecule has 0 spiro atoms. The zero-order valence-electron chi connectivity index (χ0n) is 9.13. The van der Waals surface area contributed by atoms with Crippen LogP contribution in [0.1, 0.15) is 12.8 Å². The first-order chi connectivity index (χ1) is 7.22. The molecule has 0 unspecified atom stereocenters. The predicted molar refractivity (Wildman–Crippen MR) is 73.2 cm³/mol. The van der Waals surface area contributed by atoms with Crippen LogP contribution in [0.25, 0.3) is 0 Å². The van der Waals surface area contributed by atoms with Crippen LogP contribution in [0.15, 0.2) is 28.7 Å². The molecular formula is C11H16BrClN2O. The molecule has 0 fully saturated rings. The Morgan fingerprint density at radius 1 is 1.44 bits per heavy atom. The first-order valence-corrected chi connectivity index (χ1v) is 5.71. The van der Waals surface area contributed by atoms with Gasteiger partial charge in [-0.3, -0.25) is 4.79 Å². The van der Waals surface area contributed by atoms with E-state index in [1.807, 2.05) is 31.3 Å². The van der Waals surface area contributed by atoms with Crippen LogP contribution in [-0.2, 0) is 4.79 Å². The molecule has 90 valence electrons. The van der Waals surface area contributed by atoms with Gasteiger partial charge in [-0.2, -0.15) is 0 Å². The molecule has 3 nitrogen and oxygen atoms in total. The summed E-state index contributed by atoms with van der Waals surface area (Å²) in [6.45, 7) is 0.867. The Balaban J connectivity index is 0.00000225. The molecule has 0 aliphatic heterocycles. The summed E-state index contributed by atoms with van der Waals surface area (Å²) in [6, 6.07) is 7.58. The van der Waals surface area contributed by atoms with E-state index in [0.717, 1.165) is 23.1 Å². The summed E-state index contributed by atoms with van der Waals surface area (Å²) >= 11 is 3.35. The van der Waals surface area contributed by atoms with Gasteiger partial charge >= 0.3 is 0 Å². The highest BCUT2D eigenvalue weighted by Crippen LogP contribution is 2.15. The molecule has 0 saturated carbocycles. The van der Waals surface area contributed by atoms with Gasteiger partial charge in [0.15, 0.2) is 0 Å². The lowest BCUT2D eigenvalue weighted by Crippen LogP contribution is -2.15. The number of rotatable bonds is 5. The van der Waals surface area contributed by atoms with Crippen molar-refractivity contribution < 1.29 is 4.79 Å². The largest absolute Gasteiger partial charge is 0.326 e. The summed E-state index contributed by atoms with van der Waals surface area (Å²) < 4.78 is 0.968. The van der Waals surface area contributed by atoms with Crippen LogP contribution in [0.3, 0.4) is 0 Å². The highest BCUT2D eigenvalue weighted by atomic mass is 79.9. The lowest BCUT2D eigenvalue weighted by atomic mass is 10.2. The maximum absolute atomic E-state index is 11.4. The molecule has 1 aromatic carbocycles. The second-order valence-corrected chi connectivity index (χ2v) is 4.18. The molecule has 0 radical (unpaired) electrons. The Morgan fingerprint density at radius 2 is 2.19 bits per heavy atom. The molecule has 0 aromatic heterocycles. The van der Waals surface area contributed by atoms with Crippen LogP contribution in [-0.4, -0.2) is 19.5 Å². The third-order valence-electron chi connectivity index (χ3n) is 1.94. The second kappa shape index (κ2) is 8.56. The van der Waals surface area contributed by atoms with Crippen LogP contribution in [0.4, 0.5) is 5.69 Å². The Kier molecular flexibility index (Phi) is 8.25. The minimum Gasteiger partial charge on any atom is -0.326 e. The third-order valence-corrected chi connectivity index (χ3v) is 2.43. The number of hydrogen-bond donors (Lipinski definition) is 2. The molecule has 1 rings (SSSR count). The van der Waals surface area contributed by atoms with E-state index in [4.69, 9.17) is 0 Å². The van der Waals surface area contributed by atoms with E-state index in [0.29, 0.717) is 6.42 Å². The van der Waals surface area contributed by atoms with Crippen molar-refractivity contribution in [2.75, 3.05) is 18.9 Å². The molecule has 5 heteroatoms. The molecule has 0 atom stereocenters. The molecule has 0 aliphatic carbocycles. The van der Waals surface area contributed by atoms with Crippen LogP contribution in [0, 0.1) is 0 Å². The molecule has 0 bridgehead atoms. The number of halogens is 2. The lowest BCUT2D eigenvalue weighted by molar-refractivity contribution is -0.116. The van der Waals surface area contributed by atoms with E-state index < -0.39 is 0 Å². The molecule has 0 heterocycles. The fourth-order valence-electron chi connectivity index (χ4n) is 1.22. The Morgan fingerprint density at radius 3 is 2.81 bits per heavy atom. The van der Waals surface area contributed by atoms with E-state index >= 15 is 0 Å². The van der Waals surface area contributed by atoms with Gasteiger partial charge in [-0.25, -0.2) is 0 Å². The fourth-order valence-corrected chi connectivity index (χ4v) is 1.61. The lowest BCUT2D eigenvalue weighted by Gasteiger charge is -2.05. The zero-order valence-corrected chi connectivity index (χ0v) is 11.5. The quantitative estimate of drug-likeness (QED) is 0.821. The number of anilines is 1. The van der Waals surface area contributed by atoms with Gasteiger partial charge in [-0.15, -0.1) is 12.4 Å². The smallest absolute Gasteiger partial charge is 0.224 e. The average Bonchev–Trinajstić information content (AvgIpc) is 2.18. The van der Waals surface area contributed by atoms with Gasteiger partial charge in [0.1, 0.15) is 0 Å². The second-order valence-electron chi connectivity index (χ2n) is 3.27. The summed E-state index contributed by atoms with van der Waals surface area (Å²) in [5.41, 5.74) is 0.832. The van der Waals surface area contributed by atoms with Crippen LogP contribution >= 0.6 is 28.3 Å². The van der Waals surface area contributed by atoms with Gasteiger partial charge in [-0.05, 0) is 38.2 Å². The molecule has 2 N–H and O–H groups in total. The molecule has 16 heavy (non-hydrogen) atoms. The first-order valence-electron chi connectivity index (χ1n) is 4.92. The minimum absolute atomic E-state index is 0. The van der Waals surface area contributed by atoms with E-state index in [2.05, 4.69) is 26.6 Å². The van der Waals surface area contributed by atoms with Crippen molar-refractivity contribution in [3.63, 3.8) is 0 Å². The summed E-state index contributed by atoms with van der Waals surface area (Å²) in [5, 5.41) is 5.85. The summed E-state index contributed by atoms with van der Waals surface area (Å²) in [7, 11) is 1.88. The van der Waals surface area contributed by atoms with E-state index in [-0.39, 0.29) is 18.3 Å². The predicted octanol–water partition coefficient (Wildman–Crippen LogP) is 2.81. The normalized spacial score (nSPS) is 9.38. The van der Waals surface area contributed by atoms with Crippen molar-refractivity contribution in [1.82, 2.24) is 5.32 Å². The number of hydrogen-bond acceptors (Lipinski definition) is 2. The van der Waals surface area contributed by atoms with E-state index in [1.54, 1.807) is 0 Å². The van der Waals surface area contributed by atoms with Crippen LogP contribution in [0.2, 0.25) is 0 Å². The zero-order chi connectivity index (χ0) is 11.1. The Labute approximate surface area is 111 Å². The molecule has 0 aliphatic rings. The van der Waals surface area contributed by atoms with Gasteiger partial charge < -0.3 is 10.6 Å². The Bertz CT molecular complexity index is 334. The monoisotopic (exact) mass is 306 g/mol. The Hall–Kier alpha value is -0.580. The maximum Gasteiger partial charge on any atom is 0.224 e. The first kappa shape index (κ1) is 15.4. The molecule has 0 saturated heterocycles. The van der Waals surface area contributed by atoms with Crippen LogP contribution < -0.4 is 10.6 Å². The summed E-state index contributed by atoms with van der Waals surface area (Å²) in [5.74, 6) is 0.0587. The average molecular weight is 308 g/mol.